The van der Waals surface area contributed by atoms with Crippen LogP contribution in [0.4, 0.5) is 25.2 Å². The molecule has 0 radical (unpaired) electrons. The van der Waals surface area contributed by atoms with Gasteiger partial charge in [-0.1, -0.05) is 6.92 Å². The van der Waals surface area contributed by atoms with E-state index in [-0.39, 0.29) is 12.1 Å². The maximum absolute atomic E-state index is 14.4. The lowest BCUT2D eigenvalue weighted by Gasteiger charge is -2.26. The Morgan fingerprint density at radius 1 is 1.26 bits per heavy atom. The van der Waals surface area contributed by atoms with E-state index >= 15 is 0 Å². The van der Waals surface area contributed by atoms with Crippen LogP contribution in [0.1, 0.15) is 44.7 Å². The Morgan fingerprint density at radius 2 is 2.10 bits per heavy atom. The molecule has 164 valence electrons. The highest BCUT2D eigenvalue weighted by Crippen LogP contribution is 2.36. The van der Waals surface area contributed by atoms with Crippen molar-refractivity contribution in [1.82, 2.24) is 19.5 Å². The van der Waals surface area contributed by atoms with Gasteiger partial charge in [0.05, 0.1) is 12.2 Å². The zero-order valence-electron chi connectivity index (χ0n) is 17.7. The number of amides is 2. The monoisotopic (exact) mass is 428 g/mol. The van der Waals surface area contributed by atoms with E-state index in [9.17, 15) is 13.6 Å². The number of benzene rings is 1. The number of hydrogen-bond acceptors (Lipinski definition) is 4. The third kappa shape index (κ3) is 4.17. The van der Waals surface area contributed by atoms with Crippen LogP contribution in [0.3, 0.4) is 0 Å². The molecule has 1 saturated heterocycles. The van der Waals surface area contributed by atoms with Crippen LogP contribution in [0.2, 0.25) is 0 Å². The van der Waals surface area contributed by atoms with Crippen molar-refractivity contribution in [1.29, 1.82) is 0 Å². The van der Waals surface area contributed by atoms with Crippen LogP contribution in [0.25, 0.3) is 5.65 Å². The highest BCUT2D eigenvalue weighted by atomic mass is 19.1. The molecule has 2 aromatic heterocycles. The summed E-state index contributed by atoms with van der Waals surface area (Å²) in [7, 11) is 0. The van der Waals surface area contributed by atoms with Gasteiger partial charge >= 0.3 is 6.03 Å². The summed E-state index contributed by atoms with van der Waals surface area (Å²) in [4.78, 5) is 20.6. The number of urea groups is 1. The maximum Gasteiger partial charge on any atom is 0.323 e. The molecule has 1 aromatic carbocycles. The number of carbonyl (C=O) groups excluding carboxylic acids is 1. The molecule has 1 fully saturated rings. The van der Waals surface area contributed by atoms with Gasteiger partial charge in [0.1, 0.15) is 17.5 Å². The van der Waals surface area contributed by atoms with Gasteiger partial charge in [-0.25, -0.2) is 18.6 Å². The summed E-state index contributed by atoms with van der Waals surface area (Å²) in [5, 5.41) is 7.53. The fraction of sp³-hybridized carbons (Fsp3) is 0.409. The lowest BCUT2D eigenvalue weighted by molar-refractivity contribution is 0.214. The first-order chi connectivity index (χ1) is 15.0. The topological polar surface area (TPSA) is 65.8 Å². The van der Waals surface area contributed by atoms with Gasteiger partial charge < -0.3 is 9.80 Å². The van der Waals surface area contributed by atoms with Crippen molar-refractivity contribution < 1.29 is 13.6 Å². The molecule has 0 spiro atoms. The Hall–Kier alpha value is -3.23. The second-order valence-electron chi connectivity index (χ2n) is 7.63. The smallest absolute Gasteiger partial charge is 0.323 e. The van der Waals surface area contributed by atoms with E-state index in [1.54, 1.807) is 21.7 Å². The van der Waals surface area contributed by atoms with Crippen molar-refractivity contribution in [3.8, 4) is 0 Å². The van der Waals surface area contributed by atoms with E-state index < -0.39 is 11.6 Å². The highest BCUT2D eigenvalue weighted by Gasteiger charge is 2.30. The van der Waals surface area contributed by atoms with Gasteiger partial charge in [0.25, 0.3) is 0 Å². The van der Waals surface area contributed by atoms with Crippen LogP contribution in [-0.4, -0.2) is 45.2 Å². The summed E-state index contributed by atoms with van der Waals surface area (Å²) in [6.45, 7) is 5.89. The van der Waals surface area contributed by atoms with E-state index in [1.165, 1.54) is 6.07 Å². The van der Waals surface area contributed by atoms with Crippen molar-refractivity contribution in [2.24, 2.45) is 0 Å². The second kappa shape index (κ2) is 8.87. The summed E-state index contributed by atoms with van der Waals surface area (Å²) in [6, 6.07) is 6.66. The summed E-state index contributed by atoms with van der Waals surface area (Å²) in [5.74, 6) is 0.196. The number of imidazole rings is 1. The molecule has 9 heteroatoms. The number of carbonyl (C=O) groups is 1. The van der Waals surface area contributed by atoms with Crippen molar-refractivity contribution in [3.63, 3.8) is 0 Å². The van der Waals surface area contributed by atoms with Gasteiger partial charge in [0.15, 0.2) is 11.5 Å². The third-order valence-corrected chi connectivity index (χ3v) is 5.61. The normalized spacial score (nSPS) is 16.1. The minimum Gasteiger partial charge on any atom is -0.348 e. The minimum atomic E-state index is -0.459. The molecule has 1 aliphatic rings. The molecule has 3 aromatic rings. The molecule has 0 saturated carbocycles. The van der Waals surface area contributed by atoms with Gasteiger partial charge in [-0.2, -0.15) is 4.52 Å². The number of nitrogens with one attached hydrogen (secondary N) is 1. The minimum absolute atomic E-state index is 0.209. The van der Waals surface area contributed by atoms with Gasteiger partial charge in [-0.3, -0.25) is 5.32 Å². The van der Waals surface area contributed by atoms with Crippen molar-refractivity contribution in [2.75, 3.05) is 29.9 Å². The first kappa shape index (κ1) is 21.0. The Morgan fingerprint density at radius 3 is 2.87 bits per heavy atom. The van der Waals surface area contributed by atoms with E-state index in [2.05, 4.69) is 15.4 Å². The quantitative estimate of drug-likeness (QED) is 0.623. The molecule has 31 heavy (non-hydrogen) atoms. The van der Waals surface area contributed by atoms with Crippen molar-refractivity contribution in [2.45, 2.75) is 39.2 Å². The van der Waals surface area contributed by atoms with E-state index in [0.29, 0.717) is 48.9 Å². The van der Waals surface area contributed by atoms with Crippen LogP contribution >= 0.6 is 0 Å². The van der Waals surface area contributed by atoms with Crippen LogP contribution in [0.15, 0.2) is 36.5 Å². The van der Waals surface area contributed by atoms with E-state index in [1.807, 2.05) is 24.8 Å². The zero-order chi connectivity index (χ0) is 22.0. The van der Waals surface area contributed by atoms with Gasteiger partial charge in [0.2, 0.25) is 0 Å². The Kier molecular flexibility index (Phi) is 6.01. The fourth-order valence-electron chi connectivity index (χ4n) is 4.10. The average molecular weight is 428 g/mol. The van der Waals surface area contributed by atoms with E-state index in [0.717, 1.165) is 25.0 Å². The summed E-state index contributed by atoms with van der Waals surface area (Å²) < 4.78 is 29.7. The molecule has 1 unspecified atom stereocenters. The summed E-state index contributed by atoms with van der Waals surface area (Å²) in [5.41, 5.74) is 0.919. The van der Waals surface area contributed by atoms with Crippen LogP contribution in [0.5, 0.6) is 0 Å². The predicted molar refractivity (Wildman–Crippen MR) is 115 cm³/mol. The first-order valence-corrected chi connectivity index (χ1v) is 10.6. The van der Waals surface area contributed by atoms with E-state index in [4.69, 9.17) is 0 Å². The molecule has 7 nitrogen and oxygen atoms in total. The Labute approximate surface area is 179 Å². The summed E-state index contributed by atoms with van der Waals surface area (Å²) in [6.07, 6.45) is 3.98. The molecule has 1 N–H and O–H groups in total. The van der Waals surface area contributed by atoms with Crippen molar-refractivity contribution in [3.05, 3.63) is 53.7 Å². The maximum atomic E-state index is 14.4. The van der Waals surface area contributed by atoms with Crippen LogP contribution < -0.4 is 10.2 Å². The largest absolute Gasteiger partial charge is 0.348 e. The van der Waals surface area contributed by atoms with Crippen molar-refractivity contribution >= 4 is 23.3 Å². The standard InChI is InChI=1S/C22H26F2N6O/c1-3-11-28(4-2)22(31)26-21-14-25-19-9-10-20(27-30(19)21)29-12-5-6-18(29)16-13-15(23)7-8-17(16)24/h7-10,13-14,18H,3-6,11-12H2,1-2H3,(H,26,31). The van der Waals surface area contributed by atoms with Crippen LogP contribution in [-0.2, 0) is 0 Å². The number of fused-ring (bicyclic) bond motifs is 1. The highest BCUT2D eigenvalue weighted by molar-refractivity contribution is 5.88. The number of hydrogen-bond donors (Lipinski definition) is 1. The fourth-order valence-corrected chi connectivity index (χ4v) is 4.10. The molecule has 3 heterocycles. The molecule has 1 atom stereocenters. The van der Waals surface area contributed by atoms with Gasteiger partial charge in [-0.15, -0.1) is 5.10 Å². The SMILES string of the molecule is CCCN(CC)C(=O)Nc1cnc2ccc(N3CCCC3c3cc(F)ccc3F)nn12. The number of nitrogens with zero attached hydrogens (tertiary/aromatic N) is 5. The zero-order valence-corrected chi connectivity index (χ0v) is 17.7. The Balaban J connectivity index is 1.63. The molecular weight excluding hydrogens is 402 g/mol. The second-order valence-corrected chi connectivity index (χ2v) is 7.63. The molecule has 0 aliphatic carbocycles. The van der Waals surface area contributed by atoms with Gasteiger partial charge in [0, 0.05) is 25.2 Å². The molecule has 4 rings (SSSR count). The molecule has 1 aliphatic heterocycles. The molecule has 0 bridgehead atoms. The summed E-state index contributed by atoms with van der Waals surface area (Å²) >= 11 is 0. The number of rotatable bonds is 6. The third-order valence-electron chi connectivity index (χ3n) is 5.61. The number of anilines is 2. The van der Waals surface area contributed by atoms with Crippen LogP contribution in [0, 0.1) is 11.6 Å². The lowest BCUT2D eigenvalue weighted by Crippen LogP contribution is -2.35. The molecule has 2 amide bonds. The predicted octanol–water partition coefficient (Wildman–Crippen LogP) is 4.61. The number of halogens is 2. The van der Waals surface area contributed by atoms with Gasteiger partial charge in [-0.05, 0) is 56.5 Å². The average Bonchev–Trinajstić information content (AvgIpc) is 3.40. The lowest BCUT2D eigenvalue weighted by atomic mass is 10.0. The Bertz CT molecular complexity index is 1090. The first-order valence-electron chi connectivity index (χ1n) is 10.6. The molecular formula is C22H26F2N6O. The number of aromatic nitrogens is 3.